The first-order valence-corrected chi connectivity index (χ1v) is 11.5. The van der Waals surface area contributed by atoms with Crippen molar-refractivity contribution in [3.05, 3.63) is 53.3 Å². The molecule has 6 rings (SSSR count). The zero-order valence-electron chi connectivity index (χ0n) is 19.0. The Hall–Kier alpha value is -2.60. The lowest BCUT2D eigenvalue weighted by Crippen LogP contribution is -2.53. The van der Waals surface area contributed by atoms with Crippen LogP contribution in [0.1, 0.15) is 43.9 Å². The highest BCUT2D eigenvalue weighted by molar-refractivity contribution is 5.73. The van der Waals surface area contributed by atoms with Gasteiger partial charge in [0.2, 0.25) is 0 Å². The molecule has 32 heavy (non-hydrogen) atoms. The number of methoxy groups -OCH3 is 1. The van der Waals surface area contributed by atoms with Gasteiger partial charge >= 0.3 is 6.09 Å². The fourth-order valence-corrected chi connectivity index (χ4v) is 5.73. The van der Waals surface area contributed by atoms with Gasteiger partial charge in [-0.25, -0.2) is 9.18 Å². The largest absolute Gasteiger partial charge is 0.496 e. The molecule has 2 aromatic rings. The Morgan fingerprint density at radius 2 is 1.94 bits per heavy atom. The maximum Gasteiger partial charge on any atom is 0.407 e. The normalized spacial score (nSPS) is 27.6. The van der Waals surface area contributed by atoms with Crippen LogP contribution < -0.4 is 10.1 Å². The Morgan fingerprint density at radius 3 is 2.62 bits per heavy atom. The molecule has 1 unspecified atom stereocenters. The van der Waals surface area contributed by atoms with Crippen molar-refractivity contribution < 1.29 is 18.7 Å². The lowest BCUT2D eigenvalue weighted by molar-refractivity contribution is -0.0348. The zero-order chi connectivity index (χ0) is 22.5. The monoisotopic (exact) mass is 438 g/mol. The van der Waals surface area contributed by atoms with Gasteiger partial charge < -0.3 is 14.8 Å². The standard InChI is InChI=1S/C26H31FN2O3/c1-26(2)14-18-12-17(21-13-19(27)5-7-22(21)31-3)4-6-20(18)24(26)28-25(30)32-23-15-29-10-8-16(23)9-11-29/h4-7,12-13,16,23-24H,8-11,14-15H2,1-3H3,(H,28,30)/t23-,24?/m1/s1. The molecule has 3 heterocycles. The van der Waals surface area contributed by atoms with Gasteiger partial charge in [-0.1, -0.05) is 32.0 Å². The number of alkyl carbamates (subject to hydrolysis) is 1. The van der Waals surface area contributed by atoms with Gasteiger partial charge in [0.25, 0.3) is 0 Å². The van der Waals surface area contributed by atoms with Crippen LogP contribution in [0.4, 0.5) is 9.18 Å². The third kappa shape index (κ3) is 3.85. The van der Waals surface area contributed by atoms with Gasteiger partial charge in [-0.3, -0.25) is 4.90 Å². The first-order chi connectivity index (χ1) is 15.3. The molecular weight excluding hydrogens is 407 g/mol. The fraction of sp³-hybridized carbons (Fsp3) is 0.500. The fourth-order valence-electron chi connectivity index (χ4n) is 5.73. The molecule has 0 radical (unpaired) electrons. The second-order valence-corrected chi connectivity index (χ2v) is 10.1. The van der Waals surface area contributed by atoms with Crippen molar-refractivity contribution in [1.29, 1.82) is 0 Å². The van der Waals surface area contributed by atoms with E-state index in [0.29, 0.717) is 11.7 Å². The molecule has 3 aliphatic heterocycles. The van der Waals surface area contributed by atoms with Crippen molar-refractivity contribution in [3.63, 3.8) is 0 Å². The number of halogens is 1. The van der Waals surface area contributed by atoms with E-state index in [9.17, 15) is 9.18 Å². The van der Waals surface area contributed by atoms with Crippen LogP contribution in [0.15, 0.2) is 36.4 Å². The SMILES string of the molecule is COc1ccc(F)cc1-c1ccc2c(c1)CC(C)(C)C2NC(=O)O[C@@H]1CN2CCC1CC2. The summed E-state index contributed by atoms with van der Waals surface area (Å²) in [7, 11) is 1.59. The number of carbonyl (C=O) groups excluding carboxylic acids is 1. The molecule has 2 bridgehead atoms. The summed E-state index contributed by atoms with van der Waals surface area (Å²) in [6.45, 7) is 7.41. The molecule has 1 amide bonds. The van der Waals surface area contributed by atoms with Crippen molar-refractivity contribution in [2.45, 2.75) is 45.3 Å². The molecule has 3 saturated heterocycles. The Morgan fingerprint density at radius 1 is 1.16 bits per heavy atom. The first kappa shape index (κ1) is 21.3. The average molecular weight is 439 g/mol. The van der Waals surface area contributed by atoms with Crippen LogP contribution in [0.3, 0.4) is 0 Å². The lowest BCUT2D eigenvalue weighted by atomic mass is 9.85. The Kier molecular flexibility index (Phi) is 5.36. The van der Waals surface area contributed by atoms with E-state index in [0.717, 1.165) is 61.2 Å². The minimum atomic E-state index is -0.328. The van der Waals surface area contributed by atoms with E-state index in [4.69, 9.17) is 9.47 Å². The Labute approximate surface area is 188 Å². The molecule has 3 fully saturated rings. The van der Waals surface area contributed by atoms with Crippen LogP contribution in [0, 0.1) is 17.2 Å². The van der Waals surface area contributed by atoms with Gasteiger partial charge in [-0.15, -0.1) is 0 Å². The van der Waals surface area contributed by atoms with Crippen molar-refractivity contribution in [2.24, 2.45) is 11.3 Å². The Balaban J connectivity index is 1.36. The molecule has 0 spiro atoms. The van der Waals surface area contributed by atoms with Crippen LogP contribution in [0.2, 0.25) is 0 Å². The van der Waals surface area contributed by atoms with Crippen molar-refractivity contribution in [2.75, 3.05) is 26.7 Å². The van der Waals surface area contributed by atoms with E-state index in [1.165, 1.54) is 12.1 Å². The van der Waals surface area contributed by atoms with Crippen LogP contribution in [-0.4, -0.2) is 43.8 Å². The number of hydrogen-bond acceptors (Lipinski definition) is 4. The molecule has 2 aromatic carbocycles. The maximum atomic E-state index is 13.9. The molecule has 4 aliphatic rings. The molecule has 2 atom stereocenters. The molecule has 1 N–H and O–H groups in total. The summed E-state index contributed by atoms with van der Waals surface area (Å²) in [5.74, 6) is 0.828. The van der Waals surface area contributed by atoms with Gasteiger partial charge in [-0.2, -0.15) is 0 Å². The van der Waals surface area contributed by atoms with Crippen LogP contribution >= 0.6 is 0 Å². The predicted molar refractivity (Wildman–Crippen MR) is 121 cm³/mol. The number of amides is 1. The van der Waals surface area contributed by atoms with Gasteiger partial charge in [0, 0.05) is 12.1 Å². The van der Waals surface area contributed by atoms with Crippen LogP contribution in [0.5, 0.6) is 5.75 Å². The van der Waals surface area contributed by atoms with Crippen molar-refractivity contribution >= 4 is 6.09 Å². The second kappa shape index (κ2) is 8.07. The number of nitrogens with zero attached hydrogens (tertiary/aromatic N) is 1. The van der Waals surface area contributed by atoms with Gasteiger partial charge in [-0.05, 0) is 78.6 Å². The summed E-state index contributed by atoms with van der Waals surface area (Å²) in [5.41, 5.74) is 3.74. The minimum absolute atomic E-state index is 0.00990. The maximum absolute atomic E-state index is 13.9. The van der Waals surface area contributed by atoms with Gasteiger partial charge in [0.15, 0.2) is 0 Å². The molecule has 170 valence electrons. The van der Waals surface area contributed by atoms with E-state index in [1.807, 2.05) is 12.1 Å². The first-order valence-electron chi connectivity index (χ1n) is 11.5. The van der Waals surface area contributed by atoms with Crippen molar-refractivity contribution in [1.82, 2.24) is 10.2 Å². The van der Waals surface area contributed by atoms with Crippen LogP contribution in [-0.2, 0) is 11.2 Å². The molecule has 6 heteroatoms. The second-order valence-electron chi connectivity index (χ2n) is 10.1. The highest BCUT2D eigenvalue weighted by Gasteiger charge is 2.42. The highest BCUT2D eigenvalue weighted by Crippen LogP contribution is 2.47. The van der Waals surface area contributed by atoms with E-state index in [2.05, 4.69) is 30.1 Å². The average Bonchev–Trinajstić information content (AvgIpc) is 3.03. The third-order valence-corrected chi connectivity index (χ3v) is 7.47. The summed E-state index contributed by atoms with van der Waals surface area (Å²) in [6.07, 6.45) is 2.71. The predicted octanol–water partition coefficient (Wildman–Crippen LogP) is 4.95. The minimum Gasteiger partial charge on any atom is -0.496 e. The van der Waals surface area contributed by atoms with Gasteiger partial charge in [0.1, 0.15) is 17.7 Å². The topological polar surface area (TPSA) is 50.8 Å². The summed E-state index contributed by atoms with van der Waals surface area (Å²) < 4.78 is 25.2. The summed E-state index contributed by atoms with van der Waals surface area (Å²) in [4.78, 5) is 15.2. The Bertz CT molecular complexity index is 1030. The lowest BCUT2D eigenvalue weighted by Gasteiger charge is -2.44. The quantitative estimate of drug-likeness (QED) is 0.734. The number of nitrogens with one attached hydrogen (secondary N) is 1. The highest BCUT2D eigenvalue weighted by atomic mass is 19.1. The van der Waals surface area contributed by atoms with E-state index in [1.54, 1.807) is 13.2 Å². The number of fused-ring (bicyclic) bond motifs is 4. The smallest absolute Gasteiger partial charge is 0.407 e. The number of rotatable bonds is 4. The number of benzene rings is 2. The number of carbonyl (C=O) groups is 1. The molecule has 0 saturated carbocycles. The zero-order valence-corrected chi connectivity index (χ0v) is 19.0. The summed E-state index contributed by atoms with van der Waals surface area (Å²) >= 11 is 0. The number of hydrogen-bond donors (Lipinski definition) is 1. The summed E-state index contributed by atoms with van der Waals surface area (Å²) in [6, 6.07) is 10.5. The summed E-state index contributed by atoms with van der Waals surface area (Å²) in [5, 5.41) is 3.16. The third-order valence-electron chi connectivity index (χ3n) is 7.47. The molecule has 5 nitrogen and oxygen atoms in total. The molecule has 1 aliphatic carbocycles. The van der Waals surface area contributed by atoms with Crippen molar-refractivity contribution in [3.8, 4) is 16.9 Å². The molecular formula is C26H31FN2O3. The van der Waals surface area contributed by atoms with E-state index >= 15 is 0 Å². The number of piperidine rings is 3. The van der Waals surface area contributed by atoms with E-state index < -0.39 is 0 Å². The van der Waals surface area contributed by atoms with Crippen LogP contribution in [0.25, 0.3) is 11.1 Å². The molecule has 0 aromatic heterocycles. The number of ether oxygens (including phenoxy) is 2. The van der Waals surface area contributed by atoms with E-state index in [-0.39, 0.29) is 29.5 Å². The van der Waals surface area contributed by atoms with Gasteiger partial charge in [0.05, 0.1) is 13.2 Å².